The van der Waals surface area contributed by atoms with Crippen LogP contribution in [0.5, 0.6) is 0 Å². The molecule has 1 aromatic carbocycles. The van der Waals surface area contributed by atoms with Gasteiger partial charge in [-0.25, -0.2) is 4.79 Å². The van der Waals surface area contributed by atoms with E-state index in [0.29, 0.717) is 10.6 Å². The molecule has 0 spiro atoms. The third-order valence-corrected chi connectivity index (χ3v) is 2.74. The molecule has 1 heterocycles. The van der Waals surface area contributed by atoms with Crippen molar-refractivity contribution in [1.29, 1.82) is 0 Å². The molecule has 0 saturated heterocycles. The summed E-state index contributed by atoms with van der Waals surface area (Å²) in [5.41, 5.74) is 6.40. The topological polar surface area (TPSA) is 91.2 Å². The summed E-state index contributed by atoms with van der Waals surface area (Å²) >= 11 is 11.8. The van der Waals surface area contributed by atoms with E-state index in [1.54, 1.807) is 6.92 Å². The van der Waals surface area contributed by atoms with E-state index < -0.39 is 5.97 Å². The molecule has 19 heavy (non-hydrogen) atoms. The molecule has 2 rings (SSSR count). The summed E-state index contributed by atoms with van der Waals surface area (Å²) in [6.07, 6.45) is 0. The Labute approximate surface area is 118 Å². The summed E-state index contributed by atoms with van der Waals surface area (Å²) in [4.78, 5) is 15.3. The van der Waals surface area contributed by atoms with Crippen molar-refractivity contribution >= 4 is 34.9 Å². The molecule has 0 fully saturated rings. The maximum absolute atomic E-state index is 11.4. The Morgan fingerprint density at radius 1 is 1.47 bits per heavy atom. The van der Waals surface area contributed by atoms with Gasteiger partial charge in [-0.05, 0) is 24.2 Å². The van der Waals surface area contributed by atoms with Gasteiger partial charge in [0.25, 0.3) is 11.7 Å². The summed E-state index contributed by atoms with van der Waals surface area (Å²) in [5, 5.41) is 4.14. The SMILES string of the molecule is CCOC(=O)c1noc(-c2cc(Cl)cc(Cl)c2N)n1. The molecule has 2 N–H and O–H groups in total. The molecule has 0 aliphatic rings. The van der Waals surface area contributed by atoms with Gasteiger partial charge in [0.15, 0.2) is 0 Å². The minimum atomic E-state index is -0.677. The Balaban J connectivity index is 2.41. The van der Waals surface area contributed by atoms with E-state index in [-0.39, 0.29) is 29.0 Å². The van der Waals surface area contributed by atoms with Crippen molar-refractivity contribution in [3.8, 4) is 11.5 Å². The van der Waals surface area contributed by atoms with Crippen LogP contribution in [0, 0.1) is 0 Å². The van der Waals surface area contributed by atoms with Gasteiger partial charge in [-0.3, -0.25) is 0 Å². The number of carbonyl (C=O) groups excluding carboxylic acids is 1. The highest BCUT2D eigenvalue weighted by Crippen LogP contribution is 2.33. The number of ether oxygens (including phenoxy) is 1. The molecule has 0 bridgehead atoms. The lowest BCUT2D eigenvalue weighted by Crippen LogP contribution is -2.06. The molecule has 100 valence electrons. The zero-order valence-corrected chi connectivity index (χ0v) is 11.3. The van der Waals surface area contributed by atoms with Crippen LogP contribution in [0.2, 0.25) is 10.0 Å². The lowest BCUT2D eigenvalue weighted by Gasteiger charge is -2.03. The van der Waals surface area contributed by atoms with Crippen LogP contribution in [0.15, 0.2) is 16.7 Å². The molecule has 0 atom stereocenters. The molecule has 8 heteroatoms. The number of hydrogen-bond donors (Lipinski definition) is 1. The molecule has 2 aromatic rings. The second-order valence-corrected chi connectivity index (χ2v) is 4.34. The third-order valence-electron chi connectivity index (χ3n) is 2.21. The first-order chi connectivity index (χ1) is 9.02. The van der Waals surface area contributed by atoms with E-state index in [9.17, 15) is 4.79 Å². The summed E-state index contributed by atoms with van der Waals surface area (Å²) in [6, 6.07) is 3.01. The fourth-order valence-corrected chi connectivity index (χ4v) is 1.87. The maximum Gasteiger partial charge on any atom is 0.379 e. The summed E-state index contributed by atoms with van der Waals surface area (Å²) < 4.78 is 9.70. The zero-order valence-electron chi connectivity index (χ0n) is 9.81. The molecule has 0 aliphatic carbocycles. The number of carbonyl (C=O) groups is 1. The van der Waals surface area contributed by atoms with E-state index in [0.717, 1.165) is 0 Å². The normalized spacial score (nSPS) is 10.5. The van der Waals surface area contributed by atoms with Crippen molar-refractivity contribution in [1.82, 2.24) is 10.1 Å². The fourth-order valence-electron chi connectivity index (χ4n) is 1.37. The Morgan fingerprint density at radius 3 is 2.89 bits per heavy atom. The first kappa shape index (κ1) is 13.6. The highest BCUT2D eigenvalue weighted by molar-refractivity contribution is 6.37. The lowest BCUT2D eigenvalue weighted by molar-refractivity contribution is 0.0508. The zero-order chi connectivity index (χ0) is 14.0. The van der Waals surface area contributed by atoms with Crippen LogP contribution in [-0.4, -0.2) is 22.7 Å². The Bertz CT molecular complexity index is 628. The Morgan fingerprint density at radius 2 is 2.21 bits per heavy atom. The van der Waals surface area contributed by atoms with Crippen LogP contribution >= 0.6 is 23.2 Å². The van der Waals surface area contributed by atoms with E-state index in [4.69, 9.17) is 38.2 Å². The van der Waals surface area contributed by atoms with Gasteiger partial charge in [-0.15, -0.1) is 0 Å². The Hall–Kier alpha value is -1.79. The van der Waals surface area contributed by atoms with Crippen LogP contribution in [0.4, 0.5) is 5.69 Å². The number of halogens is 2. The first-order valence-electron chi connectivity index (χ1n) is 5.28. The molecule has 0 amide bonds. The lowest BCUT2D eigenvalue weighted by atomic mass is 10.2. The van der Waals surface area contributed by atoms with E-state index >= 15 is 0 Å². The summed E-state index contributed by atoms with van der Waals surface area (Å²) in [6.45, 7) is 1.89. The van der Waals surface area contributed by atoms with Gasteiger partial charge in [0.1, 0.15) is 0 Å². The fraction of sp³-hybridized carbons (Fsp3) is 0.182. The molecule has 0 aliphatic heterocycles. The van der Waals surface area contributed by atoms with Crippen molar-refractivity contribution in [3.05, 3.63) is 28.0 Å². The standard InChI is InChI=1S/C11H9Cl2N3O3/c1-2-18-11(17)9-15-10(19-16-9)6-3-5(12)4-7(13)8(6)14/h3-4H,2,14H2,1H3. The van der Waals surface area contributed by atoms with Crippen LogP contribution in [0.3, 0.4) is 0 Å². The minimum absolute atomic E-state index is 0.0463. The molecule has 0 unspecified atom stereocenters. The number of rotatable bonds is 3. The van der Waals surface area contributed by atoms with E-state index in [2.05, 4.69) is 10.1 Å². The van der Waals surface area contributed by atoms with Crippen LogP contribution in [0.1, 0.15) is 17.5 Å². The van der Waals surface area contributed by atoms with Crippen LogP contribution in [-0.2, 0) is 4.74 Å². The highest BCUT2D eigenvalue weighted by atomic mass is 35.5. The number of nitrogen functional groups attached to an aromatic ring is 1. The number of esters is 1. The number of nitrogens with zero attached hydrogens (tertiary/aromatic N) is 2. The number of anilines is 1. The predicted molar refractivity (Wildman–Crippen MR) is 70.1 cm³/mol. The monoisotopic (exact) mass is 301 g/mol. The molecule has 6 nitrogen and oxygen atoms in total. The van der Waals surface area contributed by atoms with E-state index in [1.807, 2.05) is 0 Å². The van der Waals surface area contributed by atoms with Crippen molar-refractivity contribution in [2.45, 2.75) is 6.92 Å². The van der Waals surface area contributed by atoms with Crippen LogP contribution in [0.25, 0.3) is 11.5 Å². The molecular weight excluding hydrogens is 293 g/mol. The van der Waals surface area contributed by atoms with Crippen molar-refractivity contribution < 1.29 is 14.1 Å². The summed E-state index contributed by atoms with van der Waals surface area (Å²) in [7, 11) is 0. The quantitative estimate of drug-likeness (QED) is 0.692. The van der Waals surface area contributed by atoms with Gasteiger partial charge in [-0.1, -0.05) is 23.2 Å². The van der Waals surface area contributed by atoms with Gasteiger partial charge >= 0.3 is 5.97 Å². The number of benzene rings is 1. The molecule has 0 saturated carbocycles. The Kier molecular flexibility index (Phi) is 3.92. The van der Waals surface area contributed by atoms with Crippen molar-refractivity contribution in [2.75, 3.05) is 12.3 Å². The van der Waals surface area contributed by atoms with Crippen molar-refractivity contribution in [3.63, 3.8) is 0 Å². The number of hydrogen-bond acceptors (Lipinski definition) is 6. The average Bonchev–Trinajstić information content (AvgIpc) is 2.83. The first-order valence-corrected chi connectivity index (χ1v) is 6.04. The highest BCUT2D eigenvalue weighted by Gasteiger charge is 2.19. The van der Waals surface area contributed by atoms with Crippen LogP contribution < -0.4 is 5.73 Å². The second kappa shape index (κ2) is 5.46. The van der Waals surface area contributed by atoms with Gasteiger partial charge in [0.05, 0.1) is 22.9 Å². The van der Waals surface area contributed by atoms with Gasteiger partial charge in [0, 0.05) is 5.02 Å². The number of nitrogens with two attached hydrogens (primary N) is 1. The molecule has 0 radical (unpaired) electrons. The molecule has 1 aromatic heterocycles. The second-order valence-electron chi connectivity index (χ2n) is 3.49. The van der Waals surface area contributed by atoms with Gasteiger partial charge in [0.2, 0.25) is 0 Å². The predicted octanol–water partition coefficient (Wildman–Crippen LogP) is 2.80. The summed E-state index contributed by atoms with van der Waals surface area (Å²) in [5.74, 6) is -0.818. The van der Waals surface area contributed by atoms with Gasteiger partial charge < -0.3 is 15.0 Å². The third kappa shape index (κ3) is 2.80. The minimum Gasteiger partial charge on any atom is -0.460 e. The average molecular weight is 302 g/mol. The van der Waals surface area contributed by atoms with E-state index in [1.165, 1.54) is 12.1 Å². The smallest absolute Gasteiger partial charge is 0.379 e. The largest absolute Gasteiger partial charge is 0.460 e. The molecular formula is C11H9Cl2N3O3. The maximum atomic E-state index is 11.4. The van der Waals surface area contributed by atoms with Crippen molar-refractivity contribution in [2.24, 2.45) is 0 Å². The number of aromatic nitrogens is 2. The van der Waals surface area contributed by atoms with Gasteiger partial charge in [-0.2, -0.15) is 4.98 Å².